The monoisotopic (exact) mass is 394 g/mol. The van der Waals surface area contributed by atoms with E-state index in [-0.39, 0.29) is 16.6 Å². The molecule has 1 atom stereocenters. The molecule has 1 saturated heterocycles. The zero-order valence-corrected chi connectivity index (χ0v) is 16.2. The second kappa shape index (κ2) is 7.47. The van der Waals surface area contributed by atoms with Gasteiger partial charge in [0.1, 0.15) is 6.04 Å². The zero-order chi connectivity index (χ0) is 18.1. The first kappa shape index (κ1) is 19.3. The van der Waals surface area contributed by atoms with Crippen LogP contribution in [0.25, 0.3) is 0 Å². The summed E-state index contributed by atoms with van der Waals surface area (Å²) in [5, 5.41) is 0.582. The molecule has 2 rings (SSSR count). The number of halogens is 2. The Kier molecular flexibility index (Phi) is 6.01. The van der Waals surface area contributed by atoms with E-state index in [2.05, 4.69) is 7.05 Å². The number of carbonyl (C=O) groups is 1. The van der Waals surface area contributed by atoms with E-state index in [0.29, 0.717) is 18.1 Å². The lowest BCUT2D eigenvalue weighted by molar-refractivity contribution is -0.883. The van der Waals surface area contributed by atoms with E-state index in [1.807, 2.05) is 0 Å². The van der Waals surface area contributed by atoms with Crippen LogP contribution in [0.1, 0.15) is 6.92 Å². The largest absolute Gasteiger partial charge is 0.334 e. The molecule has 1 heterocycles. The van der Waals surface area contributed by atoms with Gasteiger partial charge in [-0.25, -0.2) is 8.42 Å². The SMILES string of the molecule is C[C@H](C(=O)N1CC[NH+](C)CC1)N(c1cc(Cl)ccc1Cl)S(C)(=O)=O. The standard InChI is InChI=1S/C15H21Cl2N3O3S/c1-11(15(21)19-8-6-18(2)7-9-19)20(24(3,22)23)14-10-12(16)4-5-13(14)17/h4-5,10-11H,6-9H2,1-3H3/p+1/t11-/m1/s1. The number of nitrogens with zero attached hydrogens (tertiary/aromatic N) is 2. The summed E-state index contributed by atoms with van der Waals surface area (Å²) in [6.45, 7) is 4.47. The summed E-state index contributed by atoms with van der Waals surface area (Å²) in [4.78, 5) is 15.9. The molecule has 0 aromatic heterocycles. The van der Waals surface area contributed by atoms with Crippen molar-refractivity contribution in [2.45, 2.75) is 13.0 Å². The zero-order valence-electron chi connectivity index (χ0n) is 13.9. The third-order valence-electron chi connectivity index (χ3n) is 4.14. The Bertz CT molecular complexity index is 719. The van der Waals surface area contributed by atoms with E-state index in [4.69, 9.17) is 23.2 Å². The van der Waals surface area contributed by atoms with Crippen LogP contribution < -0.4 is 9.21 Å². The molecule has 0 aliphatic carbocycles. The molecule has 0 unspecified atom stereocenters. The lowest BCUT2D eigenvalue weighted by Crippen LogP contribution is -3.12. The third kappa shape index (κ3) is 4.33. The van der Waals surface area contributed by atoms with Gasteiger partial charge in [0.05, 0.1) is 50.2 Å². The topological polar surface area (TPSA) is 62.1 Å². The molecule has 24 heavy (non-hydrogen) atoms. The second-order valence-electron chi connectivity index (χ2n) is 6.11. The highest BCUT2D eigenvalue weighted by Crippen LogP contribution is 2.32. The number of sulfonamides is 1. The molecule has 1 N–H and O–H groups in total. The van der Waals surface area contributed by atoms with Crippen LogP contribution in [0.3, 0.4) is 0 Å². The van der Waals surface area contributed by atoms with Gasteiger partial charge in [-0.3, -0.25) is 9.10 Å². The Morgan fingerprint density at radius 1 is 1.29 bits per heavy atom. The van der Waals surface area contributed by atoms with Crippen LogP contribution in [-0.2, 0) is 14.8 Å². The second-order valence-corrected chi connectivity index (χ2v) is 8.82. The number of anilines is 1. The number of benzene rings is 1. The number of quaternary nitrogens is 1. The summed E-state index contributed by atoms with van der Waals surface area (Å²) in [5.74, 6) is -0.232. The van der Waals surface area contributed by atoms with Gasteiger partial charge in [0.25, 0.3) is 0 Å². The van der Waals surface area contributed by atoms with Gasteiger partial charge in [0.15, 0.2) is 0 Å². The number of hydrogen-bond acceptors (Lipinski definition) is 3. The van der Waals surface area contributed by atoms with Gasteiger partial charge < -0.3 is 9.80 Å². The van der Waals surface area contributed by atoms with Crippen LogP contribution >= 0.6 is 23.2 Å². The summed E-state index contributed by atoms with van der Waals surface area (Å²) in [6, 6.07) is 3.66. The minimum atomic E-state index is -3.71. The Balaban J connectivity index is 2.34. The fourth-order valence-corrected chi connectivity index (χ4v) is 4.40. The first-order valence-corrected chi connectivity index (χ1v) is 10.3. The van der Waals surface area contributed by atoms with Crippen molar-refractivity contribution in [3.8, 4) is 0 Å². The quantitative estimate of drug-likeness (QED) is 0.808. The maximum Gasteiger partial charge on any atom is 0.246 e. The molecular formula is C15H22Cl2N3O3S+. The van der Waals surface area contributed by atoms with Gasteiger partial charge in [0.2, 0.25) is 15.9 Å². The number of nitrogens with one attached hydrogen (secondary N) is 1. The van der Waals surface area contributed by atoms with E-state index in [1.165, 1.54) is 17.0 Å². The molecule has 0 radical (unpaired) electrons. The molecule has 1 aromatic rings. The highest BCUT2D eigenvalue weighted by molar-refractivity contribution is 7.92. The van der Waals surface area contributed by atoms with Gasteiger partial charge in [0, 0.05) is 5.02 Å². The summed E-state index contributed by atoms with van der Waals surface area (Å²) >= 11 is 12.1. The maximum absolute atomic E-state index is 12.8. The van der Waals surface area contributed by atoms with Crippen molar-refractivity contribution < 1.29 is 18.1 Å². The molecule has 1 amide bonds. The molecule has 1 aliphatic rings. The number of amides is 1. The highest BCUT2D eigenvalue weighted by atomic mass is 35.5. The number of piperazine rings is 1. The van der Waals surface area contributed by atoms with Crippen LogP contribution in [0.15, 0.2) is 18.2 Å². The van der Waals surface area contributed by atoms with Crippen LogP contribution in [0.5, 0.6) is 0 Å². The molecule has 134 valence electrons. The molecule has 1 aromatic carbocycles. The van der Waals surface area contributed by atoms with E-state index < -0.39 is 16.1 Å². The smallest absolute Gasteiger partial charge is 0.246 e. The van der Waals surface area contributed by atoms with E-state index >= 15 is 0 Å². The Hall–Kier alpha value is -1.02. The summed E-state index contributed by atoms with van der Waals surface area (Å²) in [6.07, 6.45) is 1.06. The minimum absolute atomic E-state index is 0.215. The van der Waals surface area contributed by atoms with Crippen molar-refractivity contribution in [3.05, 3.63) is 28.2 Å². The van der Waals surface area contributed by atoms with Gasteiger partial charge in [-0.2, -0.15) is 0 Å². The normalized spacial score (nSPS) is 17.6. The highest BCUT2D eigenvalue weighted by Gasteiger charge is 2.34. The van der Waals surface area contributed by atoms with Crippen molar-refractivity contribution in [3.63, 3.8) is 0 Å². The molecule has 0 bridgehead atoms. The molecule has 0 saturated carbocycles. The number of likely N-dealkylation sites (N-methyl/N-ethyl adjacent to an activating group) is 1. The summed E-state index contributed by atoms with van der Waals surface area (Å²) < 4.78 is 25.7. The molecular weight excluding hydrogens is 373 g/mol. The molecule has 1 aliphatic heterocycles. The number of rotatable bonds is 4. The van der Waals surface area contributed by atoms with Gasteiger partial charge in [-0.1, -0.05) is 23.2 Å². The van der Waals surface area contributed by atoms with E-state index in [1.54, 1.807) is 17.9 Å². The van der Waals surface area contributed by atoms with Crippen LogP contribution in [0, 0.1) is 0 Å². The van der Waals surface area contributed by atoms with E-state index in [0.717, 1.165) is 23.7 Å². The first-order valence-electron chi connectivity index (χ1n) is 7.66. The molecule has 9 heteroatoms. The van der Waals surface area contributed by atoms with Crippen molar-refractivity contribution in [2.24, 2.45) is 0 Å². The summed E-state index contributed by atoms with van der Waals surface area (Å²) in [7, 11) is -1.64. The lowest BCUT2D eigenvalue weighted by atomic mass is 10.2. The third-order valence-corrected chi connectivity index (χ3v) is 5.92. The molecule has 0 spiro atoms. The average molecular weight is 395 g/mol. The maximum atomic E-state index is 12.8. The van der Waals surface area contributed by atoms with E-state index in [9.17, 15) is 13.2 Å². The van der Waals surface area contributed by atoms with Gasteiger partial charge >= 0.3 is 0 Å². The molecule has 1 fully saturated rings. The minimum Gasteiger partial charge on any atom is -0.334 e. The van der Waals surface area contributed by atoms with Crippen LogP contribution in [-0.4, -0.2) is 64.7 Å². The predicted octanol–water partition coefficient (Wildman–Crippen LogP) is 0.505. The van der Waals surface area contributed by atoms with Crippen LogP contribution in [0.4, 0.5) is 5.69 Å². The fraction of sp³-hybridized carbons (Fsp3) is 0.533. The first-order chi connectivity index (χ1) is 11.1. The van der Waals surface area contributed by atoms with Crippen molar-refractivity contribution in [1.82, 2.24) is 4.90 Å². The Morgan fingerprint density at radius 2 is 1.88 bits per heavy atom. The van der Waals surface area contributed by atoms with Crippen molar-refractivity contribution >= 4 is 44.8 Å². The van der Waals surface area contributed by atoms with Gasteiger partial charge in [-0.15, -0.1) is 0 Å². The Morgan fingerprint density at radius 3 is 2.42 bits per heavy atom. The van der Waals surface area contributed by atoms with Gasteiger partial charge in [-0.05, 0) is 25.1 Å². The Labute approximate surface area is 153 Å². The summed E-state index contributed by atoms with van der Waals surface area (Å²) in [5.41, 5.74) is 0.215. The fourth-order valence-electron chi connectivity index (χ4n) is 2.80. The molecule has 6 nitrogen and oxygen atoms in total. The van der Waals surface area contributed by atoms with Crippen molar-refractivity contribution in [1.29, 1.82) is 0 Å². The lowest BCUT2D eigenvalue weighted by Gasteiger charge is -2.35. The predicted molar refractivity (Wildman–Crippen MR) is 96.4 cm³/mol. The number of carbonyl (C=O) groups excluding carboxylic acids is 1. The average Bonchev–Trinajstić information content (AvgIpc) is 2.49. The van der Waals surface area contributed by atoms with Crippen molar-refractivity contribution in [2.75, 3.05) is 43.8 Å². The van der Waals surface area contributed by atoms with Crippen LogP contribution in [0.2, 0.25) is 10.0 Å². The number of hydrogen-bond donors (Lipinski definition) is 1.